The molecular weight excluding hydrogens is 443 g/mol. The number of halogens is 1. The quantitative estimate of drug-likeness (QED) is 0.366. The predicted octanol–water partition coefficient (Wildman–Crippen LogP) is 4.99. The minimum atomic E-state index is -0.236. The molecule has 0 spiro atoms. The van der Waals surface area contributed by atoms with Crippen molar-refractivity contribution in [1.29, 1.82) is 0 Å². The third kappa shape index (κ3) is 5.35. The van der Waals surface area contributed by atoms with Crippen molar-refractivity contribution >= 4 is 22.8 Å². The fourth-order valence-electron chi connectivity index (χ4n) is 4.61. The summed E-state index contributed by atoms with van der Waals surface area (Å²) in [6.07, 6.45) is 1.85. The molecule has 0 radical (unpaired) electrons. The molecule has 0 unspecified atom stereocenters. The first-order chi connectivity index (χ1) is 17.1. The molecule has 0 saturated carbocycles. The van der Waals surface area contributed by atoms with E-state index in [1.54, 1.807) is 7.11 Å². The zero-order valence-corrected chi connectivity index (χ0v) is 19.8. The Labute approximate surface area is 204 Å². The molecule has 0 atom stereocenters. The molecule has 1 aromatic heterocycles. The maximum Gasteiger partial charge on any atom is 0.204 e. The molecule has 0 aliphatic carbocycles. The number of ketones is 1. The average Bonchev–Trinajstić information content (AvgIpc) is 3.23. The minimum absolute atomic E-state index is 0.125. The minimum Gasteiger partial charge on any atom is -0.497 e. The number of rotatable bonds is 8. The van der Waals surface area contributed by atoms with Gasteiger partial charge in [0.1, 0.15) is 11.6 Å². The summed E-state index contributed by atoms with van der Waals surface area (Å²) in [5.41, 5.74) is 3.70. The van der Waals surface area contributed by atoms with E-state index in [4.69, 9.17) is 9.72 Å². The molecule has 0 amide bonds. The molecular formula is C28H29FN4O2. The van der Waals surface area contributed by atoms with Crippen molar-refractivity contribution in [3.8, 4) is 5.75 Å². The maximum absolute atomic E-state index is 13.4. The number of hydrogen-bond donors (Lipinski definition) is 1. The molecule has 2 heterocycles. The molecule has 1 aliphatic rings. The number of likely N-dealkylation sites (tertiary alicyclic amines) is 1. The van der Waals surface area contributed by atoms with Crippen LogP contribution in [0.1, 0.15) is 28.8 Å². The molecule has 0 bridgehead atoms. The van der Waals surface area contributed by atoms with E-state index in [-0.39, 0.29) is 17.6 Å². The highest BCUT2D eigenvalue weighted by molar-refractivity contribution is 5.97. The van der Waals surface area contributed by atoms with Crippen LogP contribution in [0.15, 0.2) is 72.8 Å². The van der Waals surface area contributed by atoms with E-state index in [0.717, 1.165) is 54.2 Å². The molecule has 3 aromatic carbocycles. The number of benzene rings is 3. The van der Waals surface area contributed by atoms with Gasteiger partial charge in [-0.2, -0.15) is 0 Å². The van der Waals surface area contributed by atoms with Crippen LogP contribution in [0.3, 0.4) is 0 Å². The van der Waals surface area contributed by atoms with E-state index in [2.05, 4.69) is 20.9 Å². The number of methoxy groups -OCH3 is 1. The first kappa shape index (κ1) is 23.1. The average molecular weight is 473 g/mol. The van der Waals surface area contributed by atoms with Gasteiger partial charge in [-0.15, -0.1) is 0 Å². The number of nitrogens with zero attached hydrogens (tertiary/aromatic N) is 3. The normalized spacial score (nSPS) is 14.8. The molecule has 1 saturated heterocycles. The topological polar surface area (TPSA) is 59.4 Å². The molecule has 5 rings (SSSR count). The number of piperidine rings is 1. The Morgan fingerprint density at radius 1 is 1.03 bits per heavy atom. The highest BCUT2D eigenvalue weighted by atomic mass is 19.1. The van der Waals surface area contributed by atoms with Gasteiger partial charge < -0.3 is 14.6 Å². The zero-order chi connectivity index (χ0) is 24.2. The number of carbonyl (C=O) groups excluding carboxylic acids is 1. The number of fused-ring (bicyclic) bond motifs is 1. The van der Waals surface area contributed by atoms with E-state index < -0.39 is 0 Å². The van der Waals surface area contributed by atoms with Gasteiger partial charge in [0.15, 0.2) is 5.78 Å². The molecule has 180 valence electrons. The van der Waals surface area contributed by atoms with E-state index >= 15 is 0 Å². The summed E-state index contributed by atoms with van der Waals surface area (Å²) in [6.45, 7) is 2.72. The number of ether oxygens (including phenoxy) is 1. The molecule has 1 aliphatic heterocycles. The van der Waals surface area contributed by atoms with Crippen LogP contribution in [0.2, 0.25) is 0 Å². The fourth-order valence-corrected chi connectivity index (χ4v) is 4.61. The summed E-state index contributed by atoms with van der Waals surface area (Å²) in [5, 5.41) is 3.64. The second-order valence-corrected chi connectivity index (χ2v) is 8.98. The lowest BCUT2D eigenvalue weighted by atomic mass is 10.0. The molecule has 35 heavy (non-hydrogen) atoms. The molecule has 1 N–H and O–H groups in total. The Bertz CT molecular complexity index is 1290. The smallest absolute Gasteiger partial charge is 0.204 e. The van der Waals surface area contributed by atoms with Gasteiger partial charge in [-0.3, -0.25) is 9.69 Å². The number of Topliss-reactive ketones (excluding diaryl/α,β-unsaturated/α-hetero) is 1. The van der Waals surface area contributed by atoms with Crippen molar-refractivity contribution in [1.82, 2.24) is 14.5 Å². The van der Waals surface area contributed by atoms with Gasteiger partial charge >= 0.3 is 0 Å². The second kappa shape index (κ2) is 10.3. The summed E-state index contributed by atoms with van der Waals surface area (Å²) < 4.78 is 20.7. The SMILES string of the molecule is COc1ccc(C(=O)CN2CCC(Nc3nc4ccccc4n3Cc3ccc(F)cc3)CC2)cc1. The van der Waals surface area contributed by atoms with Crippen LogP contribution >= 0.6 is 0 Å². The van der Waals surface area contributed by atoms with Gasteiger partial charge in [-0.25, -0.2) is 9.37 Å². The molecule has 1 fully saturated rings. The van der Waals surface area contributed by atoms with Gasteiger partial charge in [0.25, 0.3) is 0 Å². The van der Waals surface area contributed by atoms with Crippen molar-refractivity contribution in [2.24, 2.45) is 0 Å². The van der Waals surface area contributed by atoms with E-state index in [1.165, 1.54) is 12.1 Å². The number of para-hydroxylation sites is 2. The van der Waals surface area contributed by atoms with Crippen LogP contribution in [0.5, 0.6) is 5.75 Å². The Hall–Kier alpha value is -3.71. The number of nitrogens with one attached hydrogen (secondary N) is 1. The van der Waals surface area contributed by atoms with Crippen LogP contribution in [0.25, 0.3) is 11.0 Å². The lowest BCUT2D eigenvalue weighted by molar-refractivity contribution is 0.0912. The van der Waals surface area contributed by atoms with E-state index in [9.17, 15) is 9.18 Å². The van der Waals surface area contributed by atoms with Crippen molar-refractivity contribution in [2.45, 2.75) is 25.4 Å². The Morgan fingerprint density at radius 2 is 1.74 bits per heavy atom. The Kier molecular flexibility index (Phi) is 6.77. The van der Waals surface area contributed by atoms with Gasteiger partial charge in [-0.05, 0) is 66.9 Å². The largest absolute Gasteiger partial charge is 0.497 e. The molecule has 4 aromatic rings. The van der Waals surface area contributed by atoms with Crippen LogP contribution in [0.4, 0.5) is 10.3 Å². The summed E-state index contributed by atoms with van der Waals surface area (Å²) in [4.78, 5) is 19.7. The first-order valence-corrected chi connectivity index (χ1v) is 11.9. The van der Waals surface area contributed by atoms with Gasteiger partial charge in [0, 0.05) is 24.7 Å². The van der Waals surface area contributed by atoms with Crippen molar-refractivity contribution in [2.75, 3.05) is 32.1 Å². The highest BCUT2D eigenvalue weighted by Crippen LogP contribution is 2.24. The number of aromatic nitrogens is 2. The van der Waals surface area contributed by atoms with Crippen LogP contribution in [0, 0.1) is 5.82 Å². The van der Waals surface area contributed by atoms with Crippen LogP contribution in [-0.2, 0) is 6.54 Å². The zero-order valence-electron chi connectivity index (χ0n) is 19.8. The van der Waals surface area contributed by atoms with Crippen molar-refractivity contribution in [3.05, 3.63) is 89.7 Å². The maximum atomic E-state index is 13.4. The third-order valence-electron chi connectivity index (χ3n) is 6.61. The Morgan fingerprint density at radius 3 is 2.46 bits per heavy atom. The predicted molar refractivity (Wildman–Crippen MR) is 136 cm³/mol. The fraction of sp³-hybridized carbons (Fsp3) is 0.286. The summed E-state index contributed by atoms with van der Waals surface area (Å²) in [7, 11) is 1.62. The van der Waals surface area contributed by atoms with E-state index in [1.807, 2.05) is 54.6 Å². The lowest BCUT2D eigenvalue weighted by Gasteiger charge is -2.32. The first-order valence-electron chi connectivity index (χ1n) is 11.9. The standard InChI is InChI=1S/C28H29FN4O2/c1-35-24-12-8-21(9-13-24)27(34)19-32-16-14-23(15-17-32)30-28-31-25-4-2-3-5-26(25)33(28)18-20-6-10-22(29)11-7-20/h2-13,23H,14-19H2,1H3,(H,30,31). The van der Waals surface area contributed by atoms with E-state index in [0.29, 0.717) is 18.7 Å². The van der Waals surface area contributed by atoms with Gasteiger partial charge in [-0.1, -0.05) is 24.3 Å². The summed E-state index contributed by atoms with van der Waals surface area (Å²) in [5.74, 6) is 1.46. The number of carbonyl (C=O) groups is 1. The van der Waals surface area contributed by atoms with Gasteiger partial charge in [0.05, 0.1) is 31.2 Å². The van der Waals surface area contributed by atoms with Crippen LogP contribution < -0.4 is 10.1 Å². The van der Waals surface area contributed by atoms with Crippen LogP contribution in [-0.4, -0.2) is 53.0 Å². The number of anilines is 1. The third-order valence-corrected chi connectivity index (χ3v) is 6.61. The highest BCUT2D eigenvalue weighted by Gasteiger charge is 2.23. The lowest BCUT2D eigenvalue weighted by Crippen LogP contribution is -2.41. The summed E-state index contributed by atoms with van der Waals surface area (Å²) >= 11 is 0. The molecule has 7 heteroatoms. The van der Waals surface area contributed by atoms with Crippen molar-refractivity contribution < 1.29 is 13.9 Å². The number of imidazole rings is 1. The second-order valence-electron chi connectivity index (χ2n) is 8.98. The van der Waals surface area contributed by atoms with Crippen molar-refractivity contribution in [3.63, 3.8) is 0 Å². The Balaban J connectivity index is 1.23. The molecule has 6 nitrogen and oxygen atoms in total. The van der Waals surface area contributed by atoms with Gasteiger partial charge in [0.2, 0.25) is 5.95 Å². The summed E-state index contributed by atoms with van der Waals surface area (Å²) in [6, 6.07) is 22.2. The monoisotopic (exact) mass is 472 g/mol. The number of hydrogen-bond acceptors (Lipinski definition) is 5.